The van der Waals surface area contributed by atoms with Gasteiger partial charge in [-0.2, -0.15) is 5.10 Å². The van der Waals surface area contributed by atoms with Gasteiger partial charge >= 0.3 is 5.97 Å². The second kappa shape index (κ2) is 8.59. The lowest BCUT2D eigenvalue weighted by Gasteiger charge is -2.21. The molecule has 6 heteroatoms. The first-order chi connectivity index (χ1) is 13.7. The number of hydrogen-bond donors (Lipinski definition) is 1. The number of hydrogen-bond acceptors (Lipinski definition) is 4. The zero-order valence-corrected chi connectivity index (χ0v) is 16.1. The highest BCUT2D eigenvalue weighted by molar-refractivity contribution is 5.90. The van der Waals surface area contributed by atoms with Crippen LogP contribution in [0.25, 0.3) is 5.69 Å². The molecular weight excluding hydrogens is 354 g/mol. The summed E-state index contributed by atoms with van der Waals surface area (Å²) in [5.74, 6) is 0.215. The number of amides is 1. The fraction of sp³-hybridized carbons (Fsp3) is 0.500. The van der Waals surface area contributed by atoms with Crippen molar-refractivity contribution in [2.45, 2.75) is 50.9 Å². The maximum Gasteiger partial charge on any atom is 0.357 e. The highest BCUT2D eigenvalue weighted by atomic mass is 16.5. The molecule has 0 atom stereocenters. The van der Waals surface area contributed by atoms with Gasteiger partial charge < -0.3 is 10.1 Å². The lowest BCUT2D eigenvalue weighted by Crippen LogP contribution is -2.33. The van der Waals surface area contributed by atoms with E-state index in [9.17, 15) is 9.59 Å². The Bertz CT molecular complexity index is 821. The summed E-state index contributed by atoms with van der Waals surface area (Å²) in [4.78, 5) is 24.7. The first-order valence-corrected chi connectivity index (χ1v) is 10.3. The second-order valence-electron chi connectivity index (χ2n) is 7.86. The van der Waals surface area contributed by atoms with E-state index in [1.165, 1.54) is 32.1 Å². The lowest BCUT2D eigenvalue weighted by molar-refractivity contribution is -0.124. The topological polar surface area (TPSA) is 73.2 Å². The van der Waals surface area contributed by atoms with Gasteiger partial charge in [-0.25, -0.2) is 9.48 Å². The Balaban J connectivity index is 1.36. The van der Waals surface area contributed by atoms with Gasteiger partial charge in [0.15, 0.2) is 12.3 Å². The monoisotopic (exact) mass is 381 g/mol. The molecule has 0 saturated heterocycles. The first-order valence-electron chi connectivity index (χ1n) is 10.3. The van der Waals surface area contributed by atoms with Gasteiger partial charge in [-0.15, -0.1) is 0 Å². The molecule has 2 saturated carbocycles. The van der Waals surface area contributed by atoms with Crippen molar-refractivity contribution in [3.8, 4) is 5.69 Å². The average Bonchev–Trinajstić information content (AvgIpc) is 3.50. The number of carbonyl (C=O) groups is 2. The summed E-state index contributed by atoms with van der Waals surface area (Å²) in [6.07, 6.45) is 8.30. The Morgan fingerprint density at radius 3 is 2.54 bits per heavy atom. The lowest BCUT2D eigenvalue weighted by atomic mass is 9.89. The van der Waals surface area contributed by atoms with Gasteiger partial charge in [0, 0.05) is 12.5 Å². The molecule has 4 rings (SSSR count). The summed E-state index contributed by atoms with van der Waals surface area (Å²) in [6, 6.07) is 11.3. The molecule has 0 bridgehead atoms. The van der Waals surface area contributed by atoms with Crippen molar-refractivity contribution in [3.63, 3.8) is 0 Å². The molecule has 1 aromatic carbocycles. The maximum atomic E-state index is 12.6. The number of nitrogens with one attached hydrogen (secondary N) is 1. The smallest absolute Gasteiger partial charge is 0.357 e. The van der Waals surface area contributed by atoms with Crippen LogP contribution in [0.1, 0.15) is 67.0 Å². The first kappa shape index (κ1) is 18.7. The van der Waals surface area contributed by atoms with E-state index in [4.69, 9.17) is 4.74 Å². The van der Waals surface area contributed by atoms with Gasteiger partial charge in [0.05, 0.1) is 11.4 Å². The van der Waals surface area contributed by atoms with Crippen LogP contribution in [0, 0.1) is 5.92 Å². The number of ether oxygens (including phenoxy) is 1. The minimum Gasteiger partial charge on any atom is -0.451 e. The Kier molecular flexibility index (Phi) is 5.74. The highest BCUT2D eigenvalue weighted by Gasteiger charge is 2.29. The summed E-state index contributed by atoms with van der Waals surface area (Å²) in [5, 5.41) is 7.50. The normalized spacial score (nSPS) is 17.3. The molecule has 0 spiro atoms. The summed E-state index contributed by atoms with van der Waals surface area (Å²) in [7, 11) is 0. The van der Waals surface area contributed by atoms with E-state index in [0.29, 0.717) is 24.1 Å². The molecular formula is C22H27N3O3. The quantitative estimate of drug-likeness (QED) is 0.744. The van der Waals surface area contributed by atoms with Crippen LogP contribution in [0.2, 0.25) is 0 Å². The van der Waals surface area contributed by atoms with Crippen LogP contribution in [0.3, 0.4) is 0 Å². The number of rotatable bonds is 7. The van der Waals surface area contributed by atoms with Gasteiger partial charge in [0.1, 0.15) is 0 Å². The Hall–Kier alpha value is -2.63. The summed E-state index contributed by atoms with van der Waals surface area (Å²) < 4.78 is 6.91. The number of benzene rings is 1. The highest BCUT2D eigenvalue weighted by Crippen LogP contribution is 2.39. The van der Waals surface area contributed by atoms with E-state index in [-0.39, 0.29) is 12.5 Å². The van der Waals surface area contributed by atoms with Crippen LogP contribution >= 0.6 is 0 Å². The van der Waals surface area contributed by atoms with Crippen LogP contribution in [0.5, 0.6) is 0 Å². The summed E-state index contributed by atoms with van der Waals surface area (Å²) >= 11 is 0. The molecule has 2 aliphatic rings. The molecule has 1 N–H and O–H groups in total. The van der Waals surface area contributed by atoms with Crippen molar-refractivity contribution in [2.24, 2.45) is 5.92 Å². The zero-order valence-electron chi connectivity index (χ0n) is 16.1. The summed E-state index contributed by atoms with van der Waals surface area (Å²) in [5.41, 5.74) is 2.09. The third-order valence-electron chi connectivity index (χ3n) is 5.58. The third-order valence-corrected chi connectivity index (χ3v) is 5.58. The summed E-state index contributed by atoms with van der Waals surface area (Å²) in [6.45, 7) is 0.411. The number of aromatic nitrogens is 2. The van der Waals surface area contributed by atoms with Crippen LogP contribution in [-0.4, -0.2) is 34.8 Å². The predicted molar refractivity (Wildman–Crippen MR) is 105 cm³/mol. The van der Waals surface area contributed by atoms with Crippen LogP contribution in [0.15, 0.2) is 36.4 Å². The van der Waals surface area contributed by atoms with Crippen LogP contribution < -0.4 is 5.32 Å². The van der Waals surface area contributed by atoms with Crippen molar-refractivity contribution < 1.29 is 14.3 Å². The van der Waals surface area contributed by atoms with E-state index in [0.717, 1.165) is 24.2 Å². The average molecular weight is 381 g/mol. The Morgan fingerprint density at radius 1 is 1.07 bits per heavy atom. The van der Waals surface area contributed by atoms with E-state index >= 15 is 0 Å². The van der Waals surface area contributed by atoms with Gasteiger partial charge in [0.25, 0.3) is 5.91 Å². The van der Waals surface area contributed by atoms with Crippen molar-refractivity contribution in [1.29, 1.82) is 0 Å². The number of carbonyl (C=O) groups excluding carboxylic acids is 2. The molecule has 2 fully saturated rings. The van der Waals surface area contributed by atoms with Crippen LogP contribution in [-0.2, 0) is 9.53 Å². The number of esters is 1. The van der Waals surface area contributed by atoms with E-state index in [1.54, 1.807) is 10.7 Å². The van der Waals surface area contributed by atoms with Gasteiger partial charge in [-0.05, 0) is 49.8 Å². The van der Waals surface area contributed by atoms with Gasteiger partial charge in [-0.1, -0.05) is 37.5 Å². The fourth-order valence-electron chi connectivity index (χ4n) is 3.79. The minimum absolute atomic E-state index is 0.243. The molecule has 28 heavy (non-hydrogen) atoms. The van der Waals surface area contributed by atoms with Crippen molar-refractivity contribution in [2.75, 3.05) is 13.2 Å². The van der Waals surface area contributed by atoms with Crippen LogP contribution in [0.4, 0.5) is 0 Å². The zero-order chi connectivity index (χ0) is 19.3. The second-order valence-corrected chi connectivity index (χ2v) is 7.86. The minimum atomic E-state index is -0.518. The van der Waals surface area contributed by atoms with E-state index < -0.39 is 5.97 Å². The van der Waals surface area contributed by atoms with Crippen molar-refractivity contribution in [1.82, 2.24) is 15.1 Å². The van der Waals surface area contributed by atoms with Gasteiger partial charge in [0.2, 0.25) is 0 Å². The molecule has 0 unspecified atom stereocenters. The predicted octanol–water partition coefficient (Wildman–Crippen LogP) is 3.60. The third kappa shape index (κ3) is 4.61. The molecule has 1 amide bonds. The Labute approximate surface area is 165 Å². The molecule has 0 radical (unpaired) electrons. The molecule has 6 nitrogen and oxygen atoms in total. The molecule has 2 aromatic rings. The van der Waals surface area contributed by atoms with E-state index in [1.807, 2.05) is 30.3 Å². The van der Waals surface area contributed by atoms with Crippen molar-refractivity contribution in [3.05, 3.63) is 47.8 Å². The van der Waals surface area contributed by atoms with Crippen molar-refractivity contribution >= 4 is 11.9 Å². The number of para-hydroxylation sites is 1. The molecule has 1 aromatic heterocycles. The SMILES string of the molecule is O=C(COC(=O)c1cc(C2CC2)nn1-c1ccccc1)NCC1CCCCC1. The Morgan fingerprint density at radius 2 is 1.82 bits per heavy atom. The molecule has 1 heterocycles. The maximum absolute atomic E-state index is 12.6. The molecule has 148 valence electrons. The van der Waals surface area contributed by atoms with E-state index in [2.05, 4.69) is 10.4 Å². The molecule has 0 aliphatic heterocycles. The number of nitrogens with zero attached hydrogens (tertiary/aromatic N) is 2. The largest absolute Gasteiger partial charge is 0.451 e. The van der Waals surface area contributed by atoms with Gasteiger partial charge in [-0.3, -0.25) is 4.79 Å². The standard InChI is InChI=1S/C22H27N3O3/c26-21(23-14-16-7-3-1-4-8-16)15-28-22(27)20-13-19(17-11-12-17)24-25(20)18-9-5-2-6-10-18/h2,5-6,9-10,13,16-17H,1,3-4,7-8,11-12,14-15H2,(H,23,26). The molecule has 2 aliphatic carbocycles. The fourth-order valence-corrected chi connectivity index (χ4v) is 3.79.